The highest BCUT2D eigenvalue weighted by molar-refractivity contribution is 6.30. The van der Waals surface area contributed by atoms with E-state index in [2.05, 4.69) is 0 Å². The third-order valence-electron chi connectivity index (χ3n) is 2.05. The molecule has 0 saturated carbocycles. The molecule has 0 spiro atoms. The van der Waals surface area contributed by atoms with Gasteiger partial charge in [-0.25, -0.2) is 0 Å². The maximum atomic E-state index is 12.0. The molecule has 0 amide bonds. The average Bonchev–Trinajstić information content (AvgIpc) is 2.26. The second-order valence-corrected chi connectivity index (χ2v) is 5.26. The Morgan fingerprint density at radius 1 is 1.24 bits per heavy atom. The lowest BCUT2D eigenvalue weighted by Gasteiger charge is -2.18. The van der Waals surface area contributed by atoms with Crippen LogP contribution in [0.25, 0.3) is 0 Å². The molecule has 0 atom stereocenters. The van der Waals surface area contributed by atoms with Crippen LogP contribution >= 0.6 is 23.2 Å². The molecule has 92 valence electrons. The van der Waals surface area contributed by atoms with Gasteiger partial charge in [0, 0.05) is 10.4 Å². The van der Waals surface area contributed by atoms with Gasteiger partial charge in [-0.2, -0.15) is 0 Å². The summed E-state index contributed by atoms with van der Waals surface area (Å²) in [5.74, 6) is 0.503. The molecule has 0 radical (unpaired) electrons. The third-order valence-corrected chi connectivity index (χ3v) is 2.50. The fraction of sp³-hybridized carbons (Fsp3) is 0.308. The van der Waals surface area contributed by atoms with Crippen LogP contribution in [0.5, 0.6) is 5.75 Å². The van der Waals surface area contributed by atoms with Gasteiger partial charge < -0.3 is 4.74 Å². The molecule has 0 saturated heterocycles. The molecule has 4 heteroatoms. The van der Waals surface area contributed by atoms with Gasteiger partial charge >= 0.3 is 0 Å². The van der Waals surface area contributed by atoms with Gasteiger partial charge in [0.05, 0.1) is 5.54 Å². The molecular weight excluding hydrogens is 259 g/mol. The van der Waals surface area contributed by atoms with Crippen LogP contribution in [-0.2, 0) is 4.79 Å². The normalized spacial score (nSPS) is 12.4. The molecule has 0 aromatic heterocycles. The maximum Gasteiger partial charge on any atom is 0.204 e. The average molecular weight is 273 g/mol. The number of halogens is 2. The SMILES string of the molecule is CC(C)(C)C(=O)C(=CCl)Oc1ccc(Cl)cc1. The smallest absolute Gasteiger partial charge is 0.204 e. The summed E-state index contributed by atoms with van der Waals surface area (Å²) in [6.45, 7) is 5.42. The van der Waals surface area contributed by atoms with E-state index in [1.807, 2.05) is 0 Å². The molecule has 0 aliphatic rings. The summed E-state index contributed by atoms with van der Waals surface area (Å²) in [5, 5.41) is 0.607. The Balaban J connectivity index is 2.86. The fourth-order valence-electron chi connectivity index (χ4n) is 1.12. The Labute approximate surface area is 111 Å². The summed E-state index contributed by atoms with van der Waals surface area (Å²) in [6.07, 6.45) is 0. The quantitative estimate of drug-likeness (QED) is 0.602. The van der Waals surface area contributed by atoms with Crippen molar-refractivity contribution < 1.29 is 9.53 Å². The van der Waals surface area contributed by atoms with Crippen LogP contribution < -0.4 is 4.74 Å². The minimum Gasteiger partial charge on any atom is -0.453 e. The van der Waals surface area contributed by atoms with Crippen LogP contribution in [0.4, 0.5) is 0 Å². The second kappa shape index (κ2) is 5.56. The topological polar surface area (TPSA) is 26.3 Å². The molecule has 0 fully saturated rings. The first kappa shape index (κ1) is 14.1. The van der Waals surface area contributed by atoms with Gasteiger partial charge in [-0.3, -0.25) is 4.79 Å². The first-order chi connectivity index (χ1) is 7.84. The van der Waals surface area contributed by atoms with E-state index in [1.165, 1.54) is 0 Å². The first-order valence-electron chi connectivity index (χ1n) is 5.13. The van der Waals surface area contributed by atoms with Crippen molar-refractivity contribution in [2.75, 3.05) is 0 Å². The molecule has 0 aliphatic heterocycles. The van der Waals surface area contributed by atoms with Gasteiger partial charge in [0.2, 0.25) is 5.78 Å². The number of allylic oxidation sites excluding steroid dienone is 1. The Bertz CT molecular complexity index is 428. The number of hydrogen-bond acceptors (Lipinski definition) is 2. The van der Waals surface area contributed by atoms with Crippen LogP contribution in [0.3, 0.4) is 0 Å². The predicted molar refractivity (Wildman–Crippen MR) is 70.5 cm³/mol. The van der Waals surface area contributed by atoms with E-state index in [0.717, 1.165) is 5.54 Å². The number of carbonyl (C=O) groups excluding carboxylic acids is 1. The van der Waals surface area contributed by atoms with Crippen LogP contribution in [0.2, 0.25) is 5.02 Å². The number of hydrogen-bond donors (Lipinski definition) is 0. The van der Waals surface area contributed by atoms with Crippen molar-refractivity contribution >= 4 is 29.0 Å². The van der Waals surface area contributed by atoms with Crippen molar-refractivity contribution in [1.29, 1.82) is 0 Å². The van der Waals surface area contributed by atoms with E-state index in [1.54, 1.807) is 45.0 Å². The van der Waals surface area contributed by atoms with Crippen molar-refractivity contribution in [1.82, 2.24) is 0 Å². The lowest BCUT2D eigenvalue weighted by atomic mass is 9.90. The zero-order valence-electron chi connectivity index (χ0n) is 9.96. The monoisotopic (exact) mass is 272 g/mol. The van der Waals surface area contributed by atoms with Crippen LogP contribution in [-0.4, -0.2) is 5.78 Å². The lowest BCUT2D eigenvalue weighted by Crippen LogP contribution is -2.24. The highest BCUT2D eigenvalue weighted by atomic mass is 35.5. The molecule has 0 heterocycles. The van der Waals surface area contributed by atoms with Crippen molar-refractivity contribution in [3.05, 3.63) is 40.6 Å². The highest BCUT2D eigenvalue weighted by Crippen LogP contribution is 2.24. The summed E-state index contributed by atoms with van der Waals surface area (Å²) in [5.41, 5.74) is 0.620. The molecule has 2 nitrogen and oxygen atoms in total. The molecule has 0 bridgehead atoms. The van der Waals surface area contributed by atoms with Gasteiger partial charge in [0.25, 0.3) is 0 Å². The first-order valence-corrected chi connectivity index (χ1v) is 5.94. The molecule has 1 aromatic rings. The zero-order chi connectivity index (χ0) is 13.1. The maximum absolute atomic E-state index is 12.0. The number of benzene rings is 1. The summed E-state index contributed by atoms with van der Waals surface area (Å²) in [6, 6.07) is 6.73. The molecule has 0 unspecified atom stereocenters. The molecule has 0 N–H and O–H groups in total. The summed E-state index contributed by atoms with van der Waals surface area (Å²) in [7, 11) is 0. The Morgan fingerprint density at radius 2 is 1.76 bits per heavy atom. The fourth-order valence-corrected chi connectivity index (χ4v) is 1.39. The van der Waals surface area contributed by atoms with E-state index >= 15 is 0 Å². The van der Waals surface area contributed by atoms with Gasteiger partial charge in [-0.15, -0.1) is 0 Å². The van der Waals surface area contributed by atoms with Gasteiger partial charge in [-0.05, 0) is 24.3 Å². The van der Waals surface area contributed by atoms with Crippen molar-refractivity contribution in [3.63, 3.8) is 0 Å². The number of ketones is 1. The third kappa shape index (κ3) is 4.06. The lowest BCUT2D eigenvalue weighted by molar-refractivity contribution is -0.124. The number of carbonyl (C=O) groups is 1. The minimum atomic E-state index is -0.535. The number of ether oxygens (including phenoxy) is 1. The Morgan fingerprint density at radius 3 is 2.18 bits per heavy atom. The van der Waals surface area contributed by atoms with Crippen molar-refractivity contribution in [2.45, 2.75) is 20.8 Å². The Kier molecular flexibility index (Phi) is 4.61. The predicted octanol–water partition coefficient (Wildman–Crippen LogP) is 4.41. The minimum absolute atomic E-state index is 0.126. The van der Waals surface area contributed by atoms with Crippen molar-refractivity contribution in [3.8, 4) is 5.75 Å². The Hall–Kier alpha value is -0.990. The summed E-state index contributed by atoms with van der Waals surface area (Å²) >= 11 is 11.4. The highest BCUT2D eigenvalue weighted by Gasteiger charge is 2.26. The van der Waals surface area contributed by atoms with Gasteiger partial charge in [0.15, 0.2) is 5.76 Å². The molecule has 17 heavy (non-hydrogen) atoms. The number of rotatable bonds is 3. The zero-order valence-corrected chi connectivity index (χ0v) is 11.5. The van der Waals surface area contributed by atoms with Gasteiger partial charge in [-0.1, -0.05) is 44.0 Å². The number of Topliss-reactive ketones (excluding diaryl/α,β-unsaturated/α-hetero) is 1. The van der Waals surface area contributed by atoms with E-state index in [9.17, 15) is 4.79 Å². The van der Waals surface area contributed by atoms with E-state index in [0.29, 0.717) is 10.8 Å². The van der Waals surface area contributed by atoms with E-state index in [4.69, 9.17) is 27.9 Å². The standard InChI is InChI=1S/C13H14Cl2O2/c1-13(2,3)12(16)11(8-14)17-10-6-4-9(15)5-7-10/h4-8H,1-3H3. The summed E-state index contributed by atoms with van der Waals surface area (Å²) < 4.78 is 5.43. The molecule has 1 rings (SSSR count). The van der Waals surface area contributed by atoms with E-state index < -0.39 is 5.41 Å². The summed E-state index contributed by atoms with van der Waals surface area (Å²) in [4.78, 5) is 12.0. The van der Waals surface area contributed by atoms with Crippen molar-refractivity contribution in [2.24, 2.45) is 5.41 Å². The molecular formula is C13H14Cl2O2. The second-order valence-electron chi connectivity index (χ2n) is 4.61. The van der Waals surface area contributed by atoms with E-state index in [-0.39, 0.29) is 11.5 Å². The van der Waals surface area contributed by atoms with Crippen LogP contribution in [0.15, 0.2) is 35.6 Å². The molecule has 1 aromatic carbocycles. The van der Waals surface area contributed by atoms with Crippen LogP contribution in [0.1, 0.15) is 20.8 Å². The molecule has 0 aliphatic carbocycles. The van der Waals surface area contributed by atoms with Gasteiger partial charge in [0.1, 0.15) is 5.75 Å². The largest absolute Gasteiger partial charge is 0.453 e. The van der Waals surface area contributed by atoms with Crippen LogP contribution in [0, 0.1) is 5.41 Å².